The standard InChI is InChI=1S/C17H31N3O2.HI/c1-2-18-16(19-9-12-22-15-5-3-4-6-15)20-10-7-17(13-20)8-11-21-14-17;/h15H,2-14H2,1H3,(H,18,19);1H. The van der Waals surface area contributed by atoms with Crippen molar-refractivity contribution in [3.05, 3.63) is 0 Å². The zero-order chi connectivity index (χ0) is 15.3. The summed E-state index contributed by atoms with van der Waals surface area (Å²) in [6, 6.07) is 0. The minimum absolute atomic E-state index is 0. The molecule has 0 amide bonds. The van der Waals surface area contributed by atoms with E-state index in [-0.39, 0.29) is 24.0 Å². The summed E-state index contributed by atoms with van der Waals surface area (Å²) >= 11 is 0. The predicted molar refractivity (Wildman–Crippen MR) is 104 cm³/mol. The number of hydrogen-bond acceptors (Lipinski definition) is 3. The molecule has 1 atom stereocenters. The lowest BCUT2D eigenvalue weighted by Crippen LogP contribution is -2.41. The quantitative estimate of drug-likeness (QED) is 0.311. The second kappa shape index (κ2) is 9.42. The molecule has 1 saturated carbocycles. The molecule has 0 radical (unpaired) electrons. The molecule has 2 aliphatic heterocycles. The monoisotopic (exact) mass is 437 g/mol. The summed E-state index contributed by atoms with van der Waals surface area (Å²) in [5.41, 5.74) is 0.385. The molecule has 0 aromatic heterocycles. The fraction of sp³-hybridized carbons (Fsp3) is 0.941. The number of hydrogen-bond donors (Lipinski definition) is 1. The van der Waals surface area contributed by atoms with Gasteiger partial charge in [-0.25, -0.2) is 0 Å². The molecule has 2 heterocycles. The summed E-state index contributed by atoms with van der Waals surface area (Å²) in [6.07, 6.45) is 8.05. The number of halogens is 1. The molecule has 134 valence electrons. The van der Waals surface area contributed by atoms with E-state index in [0.717, 1.165) is 52.0 Å². The van der Waals surface area contributed by atoms with Crippen molar-refractivity contribution < 1.29 is 9.47 Å². The van der Waals surface area contributed by atoms with Crippen LogP contribution in [0.3, 0.4) is 0 Å². The summed E-state index contributed by atoms with van der Waals surface area (Å²) in [7, 11) is 0. The van der Waals surface area contributed by atoms with Crippen LogP contribution in [0.25, 0.3) is 0 Å². The van der Waals surface area contributed by atoms with E-state index in [1.54, 1.807) is 0 Å². The average molecular weight is 437 g/mol. The highest BCUT2D eigenvalue weighted by molar-refractivity contribution is 14.0. The Morgan fingerprint density at radius 1 is 1.35 bits per heavy atom. The van der Waals surface area contributed by atoms with Gasteiger partial charge in [0.25, 0.3) is 0 Å². The predicted octanol–water partition coefficient (Wildman–Crippen LogP) is 2.64. The fourth-order valence-electron chi connectivity index (χ4n) is 3.94. The second-order valence-electron chi connectivity index (χ2n) is 6.99. The lowest BCUT2D eigenvalue weighted by Gasteiger charge is -2.25. The molecule has 3 aliphatic rings. The fourth-order valence-corrected chi connectivity index (χ4v) is 3.94. The molecule has 23 heavy (non-hydrogen) atoms. The van der Waals surface area contributed by atoms with Gasteiger partial charge in [-0.05, 0) is 32.6 Å². The Balaban J connectivity index is 0.00000192. The molecule has 5 nitrogen and oxygen atoms in total. The highest BCUT2D eigenvalue weighted by atomic mass is 127. The van der Waals surface area contributed by atoms with Gasteiger partial charge in [-0.2, -0.15) is 0 Å². The molecule has 1 unspecified atom stereocenters. The zero-order valence-corrected chi connectivity index (χ0v) is 16.7. The third kappa shape index (κ3) is 5.19. The van der Waals surface area contributed by atoms with Crippen LogP contribution in [0.1, 0.15) is 45.4 Å². The molecule has 0 aromatic rings. The van der Waals surface area contributed by atoms with Gasteiger partial charge in [-0.1, -0.05) is 12.8 Å². The summed E-state index contributed by atoms with van der Waals surface area (Å²) in [6.45, 7) is 8.60. The minimum Gasteiger partial charge on any atom is -0.381 e. The maximum absolute atomic E-state index is 5.91. The van der Waals surface area contributed by atoms with Crippen LogP contribution in [-0.4, -0.2) is 63.0 Å². The number of nitrogens with one attached hydrogen (secondary N) is 1. The first-order chi connectivity index (χ1) is 10.8. The Morgan fingerprint density at radius 3 is 2.87 bits per heavy atom. The van der Waals surface area contributed by atoms with Crippen LogP contribution >= 0.6 is 24.0 Å². The van der Waals surface area contributed by atoms with E-state index < -0.39 is 0 Å². The number of nitrogens with zero attached hydrogens (tertiary/aromatic N) is 2. The SMILES string of the molecule is CCNC(=NCCOC1CCCC1)N1CCC2(CCOC2)C1.I. The molecule has 2 saturated heterocycles. The lowest BCUT2D eigenvalue weighted by molar-refractivity contribution is 0.0642. The van der Waals surface area contributed by atoms with Crippen molar-refractivity contribution in [3.8, 4) is 0 Å². The Morgan fingerprint density at radius 2 is 2.17 bits per heavy atom. The van der Waals surface area contributed by atoms with Gasteiger partial charge in [0, 0.05) is 31.7 Å². The van der Waals surface area contributed by atoms with Crippen molar-refractivity contribution in [1.29, 1.82) is 0 Å². The zero-order valence-electron chi connectivity index (χ0n) is 14.4. The molecular formula is C17H32IN3O2. The molecule has 1 aliphatic carbocycles. The number of guanidine groups is 1. The topological polar surface area (TPSA) is 46.1 Å². The first-order valence-corrected chi connectivity index (χ1v) is 9.04. The maximum atomic E-state index is 5.91. The molecule has 6 heteroatoms. The van der Waals surface area contributed by atoms with Crippen LogP contribution in [0.15, 0.2) is 4.99 Å². The molecule has 0 aromatic carbocycles. The van der Waals surface area contributed by atoms with E-state index in [4.69, 9.17) is 14.5 Å². The summed E-state index contributed by atoms with van der Waals surface area (Å²) < 4.78 is 11.5. The van der Waals surface area contributed by atoms with E-state index in [0.29, 0.717) is 11.5 Å². The molecule has 1 spiro atoms. The Labute approximate surface area is 157 Å². The Kier molecular flexibility index (Phi) is 7.88. The van der Waals surface area contributed by atoms with E-state index in [2.05, 4.69) is 17.1 Å². The Bertz CT molecular complexity index is 380. The summed E-state index contributed by atoms with van der Waals surface area (Å²) in [5.74, 6) is 1.06. The normalized spacial score (nSPS) is 28.6. The van der Waals surface area contributed by atoms with Gasteiger partial charge >= 0.3 is 0 Å². The average Bonchev–Trinajstić information content (AvgIpc) is 3.26. The highest BCUT2D eigenvalue weighted by Crippen LogP contribution is 2.38. The highest BCUT2D eigenvalue weighted by Gasteiger charge is 2.42. The third-order valence-corrected chi connectivity index (χ3v) is 5.27. The minimum atomic E-state index is 0. The lowest BCUT2D eigenvalue weighted by atomic mass is 9.87. The number of aliphatic imine (C=N–C) groups is 1. The van der Waals surface area contributed by atoms with Gasteiger partial charge in [0.2, 0.25) is 0 Å². The van der Waals surface area contributed by atoms with Crippen LogP contribution in [0.2, 0.25) is 0 Å². The van der Waals surface area contributed by atoms with Gasteiger partial charge in [-0.3, -0.25) is 4.99 Å². The number of rotatable bonds is 5. The van der Waals surface area contributed by atoms with Gasteiger partial charge in [0.1, 0.15) is 0 Å². The van der Waals surface area contributed by atoms with Crippen molar-refractivity contribution in [3.63, 3.8) is 0 Å². The molecule has 3 rings (SSSR count). The third-order valence-electron chi connectivity index (χ3n) is 5.27. The van der Waals surface area contributed by atoms with Crippen LogP contribution in [0.5, 0.6) is 0 Å². The first kappa shape index (κ1) is 19.2. The van der Waals surface area contributed by atoms with E-state index in [1.807, 2.05) is 0 Å². The summed E-state index contributed by atoms with van der Waals surface area (Å²) in [5, 5.41) is 3.44. The van der Waals surface area contributed by atoms with Crippen molar-refractivity contribution in [2.45, 2.75) is 51.6 Å². The van der Waals surface area contributed by atoms with Crippen molar-refractivity contribution in [2.24, 2.45) is 10.4 Å². The van der Waals surface area contributed by atoms with E-state index in [9.17, 15) is 0 Å². The van der Waals surface area contributed by atoms with Crippen molar-refractivity contribution in [1.82, 2.24) is 10.2 Å². The van der Waals surface area contributed by atoms with Crippen molar-refractivity contribution >= 4 is 29.9 Å². The Hall–Kier alpha value is -0.0800. The van der Waals surface area contributed by atoms with E-state index >= 15 is 0 Å². The maximum Gasteiger partial charge on any atom is 0.194 e. The molecule has 0 bridgehead atoms. The molecular weight excluding hydrogens is 405 g/mol. The van der Waals surface area contributed by atoms with Crippen LogP contribution in [0.4, 0.5) is 0 Å². The van der Waals surface area contributed by atoms with Gasteiger partial charge < -0.3 is 19.7 Å². The number of likely N-dealkylation sites (tertiary alicyclic amines) is 1. The molecule has 1 N–H and O–H groups in total. The van der Waals surface area contributed by atoms with Crippen molar-refractivity contribution in [2.75, 3.05) is 46.0 Å². The summed E-state index contributed by atoms with van der Waals surface area (Å²) in [4.78, 5) is 7.19. The van der Waals surface area contributed by atoms with Gasteiger partial charge in [0.05, 0.1) is 25.9 Å². The first-order valence-electron chi connectivity index (χ1n) is 9.04. The van der Waals surface area contributed by atoms with Crippen LogP contribution < -0.4 is 5.32 Å². The number of ether oxygens (including phenoxy) is 2. The largest absolute Gasteiger partial charge is 0.381 e. The van der Waals surface area contributed by atoms with Crippen LogP contribution in [-0.2, 0) is 9.47 Å². The van der Waals surface area contributed by atoms with Gasteiger partial charge in [-0.15, -0.1) is 24.0 Å². The second-order valence-corrected chi connectivity index (χ2v) is 6.99. The smallest absolute Gasteiger partial charge is 0.194 e. The molecule has 3 fully saturated rings. The van der Waals surface area contributed by atoms with Crippen LogP contribution in [0, 0.1) is 5.41 Å². The van der Waals surface area contributed by atoms with Gasteiger partial charge in [0.15, 0.2) is 5.96 Å². The van der Waals surface area contributed by atoms with E-state index in [1.165, 1.54) is 38.5 Å².